The minimum atomic E-state index is -0.378. The average Bonchev–Trinajstić information content (AvgIpc) is 3.36. The highest BCUT2D eigenvalue weighted by molar-refractivity contribution is 6.42. The summed E-state index contributed by atoms with van der Waals surface area (Å²) in [5.41, 5.74) is 2.14. The molecule has 1 N–H and O–H groups in total. The molecule has 0 atom stereocenters. The lowest BCUT2D eigenvalue weighted by Crippen LogP contribution is -2.15. The molecule has 0 aliphatic carbocycles. The fraction of sp³-hybridized carbons (Fsp3) is 0.136. The van der Waals surface area contributed by atoms with Gasteiger partial charge < -0.3 is 10.1 Å². The van der Waals surface area contributed by atoms with Gasteiger partial charge in [0.2, 0.25) is 0 Å². The van der Waals surface area contributed by atoms with Gasteiger partial charge in [0.05, 0.1) is 11.6 Å². The minimum absolute atomic E-state index is 0.0702. The van der Waals surface area contributed by atoms with E-state index in [9.17, 15) is 4.79 Å². The second kappa shape index (κ2) is 9.65. The molecule has 0 spiro atoms. The molecule has 7 nitrogen and oxygen atoms in total. The summed E-state index contributed by atoms with van der Waals surface area (Å²) in [4.78, 5) is 12.6. The summed E-state index contributed by atoms with van der Waals surface area (Å²) in [6.07, 6.45) is 1.64. The van der Waals surface area contributed by atoms with Crippen molar-refractivity contribution in [1.82, 2.24) is 19.6 Å². The predicted molar refractivity (Wildman–Crippen MR) is 125 cm³/mol. The number of rotatable bonds is 7. The van der Waals surface area contributed by atoms with Gasteiger partial charge >= 0.3 is 0 Å². The van der Waals surface area contributed by atoms with Crippen molar-refractivity contribution in [3.63, 3.8) is 0 Å². The van der Waals surface area contributed by atoms with Gasteiger partial charge in [-0.25, -0.2) is 4.68 Å². The molecule has 0 bridgehead atoms. The number of carbonyl (C=O) groups excluding carboxylic acids is 1. The van der Waals surface area contributed by atoms with Crippen LogP contribution in [0, 0.1) is 6.92 Å². The van der Waals surface area contributed by atoms with Crippen molar-refractivity contribution in [3.8, 4) is 5.75 Å². The zero-order valence-electron chi connectivity index (χ0n) is 16.9. The van der Waals surface area contributed by atoms with E-state index < -0.39 is 0 Å². The number of anilines is 1. The number of benzene rings is 2. The Morgan fingerprint density at radius 2 is 1.88 bits per heavy atom. The van der Waals surface area contributed by atoms with Gasteiger partial charge in [0, 0.05) is 23.0 Å². The Morgan fingerprint density at radius 3 is 2.69 bits per heavy atom. The molecule has 2 heterocycles. The molecular weight excluding hydrogens is 473 g/mol. The number of hydrogen-bond donors (Lipinski definition) is 1. The van der Waals surface area contributed by atoms with E-state index in [1.165, 1.54) is 4.68 Å². The smallest absolute Gasteiger partial charge is 0.277 e. The Hall–Kier alpha value is -3.00. The maximum absolute atomic E-state index is 12.6. The van der Waals surface area contributed by atoms with Gasteiger partial charge in [0.25, 0.3) is 5.91 Å². The van der Waals surface area contributed by atoms with Crippen molar-refractivity contribution < 1.29 is 9.53 Å². The molecule has 0 radical (unpaired) electrons. The molecule has 4 rings (SSSR count). The van der Waals surface area contributed by atoms with Crippen molar-refractivity contribution >= 4 is 46.5 Å². The van der Waals surface area contributed by atoms with E-state index in [1.54, 1.807) is 41.2 Å². The Labute approximate surface area is 199 Å². The summed E-state index contributed by atoms with van der Waals surface area (Å²) in [7, 11) is 0. The van der Waals surface area contributed by atoms with Crippen LogP contribution in [-0.2, 0) is 13.3 Å². The maximum atomic E-state index is 12.6. The minimum Gasteiger partial charge on any atom is -0.470 e. The number of ether oxygens (including phenoxy) is 1. The van der Waals surface area contributed by atoms with Crippen molar-refractivity contribution in [2.24, 2.45) is 0 Å². The highest BCUT2D eigenvalue weighted by Gasteiger charge is 2.14. The van der Waals surface area contributed by atoms with Crippen LogP contribution >= 0.6 is 34.8 Å². The van der Waals surface area contributed by atoms with E-state index in [-0.39, 0.29) is 18.3 Å². The van der Waals surface area contributed by atoms with Crippen molar-refractivity contribution in [2.45, 2.75) is 20.2 Å². The largest absolute Gasteiger partial charge is 0.470 e. The maximum Gasteiger partial charge on any atom is 0.277 e. The van der Waals surface area contributed by atoms with E-state index >= 15 is 0 Å². The van der Waals surface area contributed by atoms with E-state index in [0.29, 0.717) is 33.2 Å². The third kappa shape index (κ3) is 5.24. The first-order chi connectivity index (χ1) is 15.4. The molecule has 1 amide bonds. The molecule has 0 saturated carbocycles. The van der Waals surface area contributed by atoms with E-state index in [2.05, 4.69) is 15.5 Å². The fourth-order valence-electron chi connectivity index (χ4n) is 3.01. The summed E-state index contributed by atoms with van der Waals surface area (Å²) in [5.74, 6) is 0.490. The van der Waals surface area contributed by atoms with Gasteiger partial charge in [-0.05, 0) is 42.8 Å². The van der Waals surface area contributed by atoms with Gasteiger partial charge in [-0.2, -0.15) is 10.2 Å². The SMILES string of the molecule is Cc1cc(NC(=O)c2ccn(COc3cccc(Cl)c3Cl)n2)nn1Cc1cccc(Cl)c1. The first-order valence-corrected chi connectivity index (χ1v) is 10.7. The molecule has 0 aliphatic rings. The number of amides is 1. The summed E-state index contributed by atoms with van der Waals surface area (Å²) < 4.78 is 8.90. The molecule has 2 aromatic heterocycles. The molecule has 0 aliphatic heterocycles. The number of hydrogen-bond acceptors (Lipinski definition) is 4. The van der Waals surface area contributed by atoms with Crippen LogP contribution in [-0.4, -0.2) is 25.5 Å². The molecule has 0 fully saturated rings. The quantitative estimate of drug-likeness (QED) is 0.361. The van der Waals surface area contributed by atoms with Crippen LogP contribution in [0.25, 0.3) is 0 Å². The van der Waals surface area contributed by atoms with Crippen LogP contribution in [0.5, 0.6) is 5.75 Å². The van der Waals surface area contributed by atoms with E-state index in [0.717, 1.165) is 11.3 Å². The summed E-state index contributed by atoms with van der Waals surface area (Å²) in [6, 6.07) is 16.1. The van der Waals surface area contributed by atoms with Crippen LogP contribution in [0.2, 0.25) is 15.1 Å². The van der Waals surface area contributed by atoms with Crippen LogP contribution in [0.15, 0.2) is 60.8 Å². The molecule has 0 unspecified atom stereocenters. The molecule has 4 aromatic rings. The fourth-order valence-corrected chi connectivity index (χ4v) is 3.57. The first kappa shape index (κ1) is 22.2. The second-order valence-electron chi connectivity index (χ2n) is 6.98. The number of aromatic nitrogens is 4. The van der Waals surface area contributed by atoms with Gasteiger partial charge in [-0.3, -0.25) is 9.48 Å². The third-order valence-corrected chi connectivity index (χ3v) is 5.62. The van der Waals surface area contributed by atoms with Crippen molar-refractivity contribution in [1.29, 1.82) is 0 Å². The van der Waals surface area contributed by atoms with Gasteiger partial charge in [0.15, 0.2) is 18.2 Å². The Bertz CT molecular complexity index is 1270. The van der Waals surface area contributed by atoms with Crippen LogP contribution < -0.4 is 10.1 Å². The van der Waals surface area contributed by atoms with Crippen molar-refractivity contribution in [2.75, 3.05) is 5.32 Å². The molecule has 164 valence electrons. The van der Waals surface area contributed by atoms with E-state index in [1.807, 2.05) is 31.2 Å². The zero-order valence-corrected chi connectivity index (χ0v) is 19.2. The van der Waals surface area contributed by atoms with Crippen LogP contribution in [0.3, 0.4) is 0 Å². The lowest BCUT2D eigenvalue weighted by molar-refractivity contribution is 0.101. The number of carbonyl (C=O) groups is 1. The highest BCUT2D eigenvalue weighted by Crippen LogP contribution is 2.31. The lowest BCUT2D eigenvalue weighted by Gasteiger charge is -2.08. The predicted octanol–water partition coefficient (Wildman–Crippen LogP) is 5.69. The molecule has 32 heavy (non-hydrogen) atoms. The zero-order chi connectivity index (χ0) is 22.7. The summed E-state index contributed by atoms with van der Waals surface area (Å²) >= 11 is 18.1. The second-order valence-corrected chi connectivity index (χ2v) is 8.20. The van der Waals surface area contributed by atoms with Crippen molar-refractivity contribution in [3.05, 3.63) is 92.8 Å². The molecular formula is C22H18Cl3N5O2. The Kier molecular flexibility index (Phi) is 6.69. The molecule has 2 aromatic carbocycles. The van der Waals surface area contributed by atoms with Gasteiger partial charge in [-0.1, -0.05) is 53.0 Å². The number of nitrogens with one attached hydrogen (secondary N) is 1. The number of nitrogens with zero attached hydrogens (tertiary/aromatic N) is 4. The third-order valence-electron chi connectivity index (χ3n) is 4.59. The van der Waals surface area contributed by atoms with E-state index in [4.69, 9.17) is 39.5 Å². The standard InChI is InChI=1S/C22H18Cl3N5O2/c1-14-10-20(28-30(14)12-15-4-2-5-16(23)11-15)26-22(31)18-8-9-29(27-18)13-32-19-7-3-6-17(24)21(19)25/h2-11H,12-13H2,1H3,(H,26,28,31). The van der Waals surface area contributed by atoms with Crippen LogP contribution in [0.4, 0.5) is 5.82 Å². The Balaban J connectivity index is 1.38. The van der Waals surface area contributed by atoms with Crippen LogP contribution in [0.1, 0.15) is 21.7 Å². The normalized spacial score (nSPS) is 10.9. The topological polar surface area (TPSA) is 74.0 Å². The average molecular weight is 491 g/mol. The number of halogens is 3. The lowest BCUT2D eigenvalue weighted by atomic mass is 10.2. The Morgan fingerprint density at radius 1 is 1.06 bits per heavy atom. The summed E-state index contributed by atoms with van der Waals surface area (Å²) in [5, 5.41) is 12.8. The van der Waals surface area contributed by atoms with Gasteiger partial charge in [0.1, 0.15) is 10.8 Å². The number of aryl methyl sites for hydroxylation is 1. The molecule has 0 saturated heterocycles. The first-order valence-electron chi connectivity index (χ1n) is 9.59. The van der Waals surface area contributed by atoms with Gasteiger partial charge in [-0.15, -0.1) is 0 Å². The summed E-state index contributed by atoms with van der Waals surface area (Å²) in [6.45, 7) is 2.53. The molecule has 10 heteroatoms. The highest BCUT2D eigenvalue weighted by atomic mass is 35.5. The monoisotopic (exact) mass is 489 g/mol.